The van der Waals surface area contributed by atoms with Crippen molar-refractivity contribution in [3.63, 3.8) is 0 Å². The van der Waals surface area contributed by atoms with Gasteiger partial charge in [0.15, 0.2) is 0 Å². The largest absolute Gasteiger partial charge is 0.377 e. The van der Waals surface area contributed by atoms with Crippen molar-refractivity contribution in [2.45, 2.75) is 44.7 Å². The molecule has 0 spiro atoms. The van der Waals surface area contributed by atoms with E-state index < -0.39 is 0 Å². The molecule has 0 bridgehead atoms. The van der Waals surface area contributed by atoms with E-state index in [1.54, 1.807) is 11.8 Å². The second-order valence-corrected chi connectivity index (χ2v) is 7.23. The first-order chi connectivity index (χ1) is 9.50. The van der Waals surface area contributed by atoms with E-state index in [-0.39, 0.29) is 5.41 Å². The molecule has 0 amide bonds. The molecule has 1 fully saturated rings. The zero-order chi connectivity index (χ0) is 14.6. The number of ether oxygens (including phenoxy) is 1. The fourth-order valence-electron chi connectivity index (χ4n) is 2.77. The highest BCUT2D eigenvalue weighted by Crippen LogP contribution is 2.34. The van der Waals surface area contributed by atoms with Crippen molar-refractivity contribution in [2.24, 2.45) is 11.3 Å². The molecule has 112 valence electrons. The molecule has 0 saturated carbocycles. The van der Waals surface area contributed by atoms with Gasteiger partial charge in [0.2, 0.25) is 0 Å². The lowest BCUT2D eigenvalue weighted by Gasteiger charge is -2.40. The van der Waals surface area contributed by atoms with Gasteiger partial charge >= 0.3 is 0 Å². The highest BCUT2D eigenvalue weighted by molar-refractivity contribution is 7.98. The Hall–Kier alpha value is -0.810. The van der Waals surface area contributed by atoms with Crippen LogP contribution in [0, 0.1) is 11.3 Å². The van der Waals surface area contributed by atoms with Crippen LogP contribution in [-0.4, -0.2) is 35.7 Å². The Bertz CT molecular complexity index is 416. The lowest BCUT2D eigenvalue weighted by Crippen LogP contribution is -2.42. The Morgan fingerprint density at radius 3 is 2.75 bits per heavy atom. The number of nitrogens with one attached hydrogen (secondary N) is 1. The maximum absolute atomic E-state index is 6.00. The van der Waals surface area contributed by atoms with Gasteiger partial charge in [-0.2, -0.15) is 0 Å². The first-order valence-electron chi connectivity index (χ1n) is 7.24. The smallest absolute Gasteiger partial charge is 0.148 e. The van der Waals surface area contributed by atoms with Crippen LogP contribution in [0.25, 0.3) is 0 Å². The molecule has 1 aromatic heterocycles. The van der Waals surface area contributed by atoms with Gasteiger partial charge in [-0.25, -0.2) is 0 Å². The van der Waals surface area contributed by atoms with E-state index in [1.165, 1.54) is 6.42 Å². The lowest BCUT2D eigenvalue weighted by atomic mass is 9.78. The van der Waals surface area contributed by atoms with Gasteiger partial charge in [-0.15, -0.1) is 22.0 Å². The number of aromatic nitrogens is 2. The average molecular weight is 295 g/mol. The predicted octanol–water partition coefficient (Wildman–Crippen LogP) is 3.45. The molecule has 1 aliphatic rings. The standard InChI is InChI=1S/C15H25N3OS/c1-15(2,3)14-11(6-5-9-19-14)10-16-12-7-8-13(20-4)18-17-12/h7-8,11,14H,5-6,9-10H2,1-4H3,(H,16,17). The number of anilines is 1. The summed E-state index contributed by atoms with van der Waals surface area (Å²) < 4.78 is 6.00. The summed E-state index contributed by atoms with van der Waals surface area (Å²) in [7, 11) is 0. The van der Waals surface area contributed by atoms with Crippen LogP contribution in [0.4, 0.5) is 5.82 Å². The van der Waals surface area contributed by atoms with Crippen molar-refractivity contribution in [1.29, 1.82) is 0 Å². The topological polar surface area (TPSA) is 47.0 Å². The monoisotopic (exact) mass is 295 g/mol. The summed E-state index contributed by atoms with van der Waals surface area (Å²) in [5.41, 5.74) is 0.182. The molecule has 1 N–H and O–H groups in total. The van der Waals surface area contributed by atoms with Gasteiger partial charge in [-0.05, 0) is 36.6 Å². The van der Waals surface area contributed by atoms with Gasteiger partial charge in [-0.3, -0.25) is 0 Å². The maximum atomic E-state index is 6.00. The van der Waals surface area contributed by atoms with Gasteiger partial charge in [0.05, 0.1) is 6.10 Å². The molecule has 2 rings (SSSR count). The summed E-state index contributed by atoms with van der Waals surface area (Å²) in [6, 6.07) is 3.99. The van der Waals surface area contributed by atoms with E-state index in [4.69, 9.17) is 4.74 Å². The van der Waals surface area contributed by atoms with Crippen LogP contribution in [0.2, 0.25) is 0 Å². The third-order valence-corrected chi connectivity index (χ3v) is 4.33. The highest BCUT2D eigenvalue weighted by atomic mass is 32.2. The lowest BCUT2D eigenvalue weighted by molar-refractivity contribution is -0.0814. The van der Waals surface area contributed by atoms with Crippen molar-refractivity contribution in [2.75, 3.05) is 24.7 Å². The second-order valence-electron chi connectivity index (χ2n) is 6.40. The molecule has 20 heavy (non-hydrogen) atoms. The molecule has 4 nitrogen and oxygen atoms in total. The number of rotatable bonds is 4. The Balaban J connectivity index is 1.93. The minimum absolute atomic E-state index is 0.182. The van der Waals surface area contributed by atoms with Gasteiger partial charge in [0, 0.05) is 19.1 Å². The summed E-state index contributed by atoms with van der Waals surface area (Å²) >= 11 is 1.61. The summed E-state index contributed by atoms with van der Waals surface area (Å²) in [5, 5.41) is 12.7. The Labute approximate surface area is 126 Å². The SMILES string of the molecule is CSc1ccc(NCC2CCCOC2C(C)(C)C)nn1. The maximum Gasteiger partial charge on any atom is 0.148 e. The summed E-state index contributed by atoms with van der Waals surface area (Å²) in [4.78, 5) is 0. The van der Waals surface area contributed by atoms with Gasteiger partial charge in [0.25, 0.3) is 0 Å². The first-order valence-corrected chi connectivity index (χ1v) is 8.46. The summed E-state index contributed by atoms with van der Waals surface area (Å²) in [6.45, 7) is 8.55. The molecule has 1 saturated heterocycles. The quantitative estimate of drug-likeness (QED) is 0.862. The fourth-order valence-corrected chi connectivity index (χ4v) is 3.09. The zero-order valence-electron chi connectivity index (χ0n) is 12.8. The first kappa shape index (κ1) is 15.6. The van der Waals surface area contributed by atoms with Crippen LogP contribution < -0.4 is 5.32 Å². The van der Waals surface area contributed by atoms with Crippen molar-refractivity contribution >= 4 is 17.6 Å². The number of nitrogens with zero attached hydrogens (tertiary/aromatic N) is 2. The molecular weight excluding hydrogens is 270 g/mol. The third-order valence-electron chi connectivity index (χ3n) is 3.69. The van der Waals surface area contributed by atoms with Gasteiger partial charge in [-0.1, -0.05) is 20.8 Å². The molecule has 1 aromatic rings. The number of thioether (sulfide) groups is 1. The van der Waals surface area contributed by atoms with Crippen molar-refractivity contribution in [3.05, 3.63) is 12.1 Å². The molecule has 1 aliphatic heterocycles. The van der Waals surface area contributed by atoms with E-state index in [9.17, 15) is 0 Å². The third kappa shape index (κ3) is 4.09. The van der Waals surface area contributed by atoms with Crippen LogP contribution in [0.3, 0.4) is 0 Å². The summed E-state index contributed by atoms with van der Waals surface area (Å²) in [6.07, 6.45) is 4.67. The molecule has 2 atom stereocenters. The minimum atomic E-state index is 0.182. The second kappa shape index (κ2) is 6.76. The Morgan fingerprint density at radius 2 is 2.15 bits per heavy atom. The van der Waals surface area contributed by atoms with Crippen molar-refractivity contribution in [3.8, 4) is 0 Å². The predicted molar refractivity (Wildman–Crippen MR) is 84.2 cm³/mol. The summed E-state index contributed by atoms with van der Waals surface area (Å²) in [5.74, 6) is 1.38. The van der Waals surface area contributed by atoms with E-state index in [0.29, 0.717) is 12.0 Å². The molecule has 5 heteroatoms. The van der Waals surface area contributed by atoms with Crippen LogP contribution in [-0.2, 0) is 4.74 Å². The Morgan fingerprint density at radius 1 is 1.35 bits per heavy atom. The van der Waals surface area contributed by atoms with Crippen LogP contribution in [0.5, 0.6) is 0 Å². The van der Waals surface area contributed by atoms with Crippen molar-refractivity contribution in [1.82, 2.24) is 10.2 Å². The molecule has 0 aromatic carbocycles. The van der Waals surface area contributed by atoms with E-state index in [0.717, 1.165) is 30.4 Å². The Kier molecular flexibility index (Phi) is 5.27. The minimum Gasteiger partial charge on any atom is -0.377 e. The van der Waals surface area contributed by atoms with Gasteiger partial charge < -0.3 is 10.1 Å². The molecule has 2 unspecified atom stereocenters. The molecular formula is C15H25N3OS. The zero-order valence-corrected chi connectivity index (χ0v) is 13.7. The van der Waals surface area contributed by atoms with Crippen LogP contribution in [0.15, 0.2) is 17.2 Å². The van der Waals surface area contributed by atoms with Crippen LogP contribution >= 0.6 is 11.8 Å². The highest BCUT2D eigenvalue weighted by Gasteiger charge is 2.35. The van der Waals surface area contributed by atoms with Gasteiger partial charge in [0.1, 0.15) is 10.8 Å². The number of hydrogen-bond acceptors (Lipinski definition) is 5. The van der Waals surface area contributed by atoms with E-state index in [2.05, 4.69) is 36.3 Å². The normalized spacial score (nSPS) is 23.6. The van der Waals surface area contributed by atoms with Crippen LogP contribution in [0.1, 0.15) is 33.6 Å². The van der Waals surface area contributed by atoms with Crippen molar-refractivity contribution < 1.29 is 4.74 Å². The van der Waals surface area contributed by atoms with E-state index in [1.807, 2.05) is 18.4 Å². The molecule has 0 radical (unpaired) electrons. The number of hydrogen-bond donors (Lipinski definition) is 1. The van der Waals surface area contributed by atoms with E-state index >= 15 is 0 Å². The molecule has 2 heterocycles. The molecule has 0 aliphatic carbocycles. The fraction of sp³-hybridized carbons (Fsp3) is 0.733. The average Bonchev–Trinajstić information content (AvgIpc) is 2.45.